The molecule has 0 fully saturated rings. The predicted molar refractivity (Wildman–Crippen MR) is 226 cm³/mol. The molecule has 0 radical (unpaired) electrons. The Labute approximate surface area is 343 Å². The molecule has 0 bridgehead atoms. The second kappa shape index (κ2) is 20.5. The summed E-state index contributed by atoms with van der Waals surface area (Å²) in [4.78, 5) is 65.4. The Hall–Kier alpha value is -5.84. The Balaban J connectivity index is 1.28. The average Bonchev–Trinajstić information content (AvgIpc) is 3.21. The van der Waals surface area contributed by atoms with Gasteiger partial charge in [0.2, 0.25) is 21.8 Å². The van der Waals surface area contributed by atoms with Crippen molar-refractivity contribution in [3.05, 3.63) is 127 Å². The molecular weight excluding hydrogens is 777 g/mol. The lowest BCUT2D eigenvalue weighted by atomic mass is 10.0. The highest BCUT2D eigenvalue weighted by molar-refractivity contribution is 8.00. The van der Waals surface area contributed by atoms with Gasteiger partial charge in [-0.05, 0) is 42.2 Å². The van der Waals surface area contributed by atoms with Gasteiger partial charge < -0.3 is 26.2 Å². The fourth-order valence-corrected chi connectivity index (χ4v) is 8.33. The normalized spacial score (nSPS) is 12.9. The van der Waals surface area contributed by atoms with E-state index < -0.39 is 51.1 Å². The first-order valence-electron chi connectivity index (χ1n) is 18.7. The summed E-state index contributed by atoms with van der Waals surface area (Å²) >= 11 is 1.09. The highest BCUT2D eigenvalue weighted by Crippen LogP contribution is 2.30. The number of benzene rings is 4. The quantitative estimate of drug-likeness (QED) is 0.0464. The summed E-state index contributed by atoms with van der Waals surface area (Å²) in [7, 11) is -0.196. The van der Waals surface area contributed by atoms with Crippen molar-refractivity contribution in [2.75, 3.05) is 32.1 Å². The molecule has 1 unspecified atom stereocenters. The van der Waals surface area contributed by atoms with Gasteiger partial charge in [-0.3, -0.25) is 24.2 Å². The number of rotatable bonds is 19. The molecule has 14 nitrogen and oxygen atoms in total. The van der Waals surface area contributed by atoms with Crippen molar-refractivity contribution in [3.8, 4) is 0 Å². The van der Waals surface area contributed by atoms with E-state index in [0.29, 0.717) is 10.3 Å². The molecule has 0 saturated heterocycles. The van der Waals surface area contributed by atoms with Crippen molar-refractivity contribution in [1.82, 2.24) is 36.0 Å². The molecular formula is C42H48N8O6S2. The van der Waals surface area contributed by atoms with Crippen LogP contribution in [-0.4, -0.2) is 86.7 Å². The summed E-state index contributed by atoms with van der Waals surface area (Å²) in [5.74, 6) is -2.44. The highest BCUT2D eigenvalue weighted by Gasteiger charge is 2.31. The van der Waals surface area contributed by atoms with Crippen LogP contribution in [0, 0.1) is 5.92 Å². The molecule has 5 N–H and O–H groups in total. The van der Waals surface area contributed by atoms with Gasteiger partial charge in [0.25, 0.3) is 11.8 Å². The van der Waals surface area contributed by atoms with Gasteiger partial charge in [-0.25, -0.2) is 18.1 Å². The van der Waals surface area contributed by atoms with Crippen LogP contribution >= 0.6 is 11.8 Å². The predicted octanol–water partition coefficient (Wildman–Crippen LogP) is 3.90. The molecule has 1 heterocycles. The average molecular weight is 825 g/mol. The van der Waals surface area contributed by atoms with E-state index in [-0.39, 0.29) is 42.4 Å². The number of anilines is 1. The van der Waals surface area contributed by atoms with E-state index in [1.54, 1.807) is 42.5 Å². The van der Waals surface area contributed by atoms with Crippen LogP contribution in [0.25, 0.3) is 10.8 Å². The number of fused-ring (bicyclic) bond motifs is 1. The van der Waals surface area contributed by atoms with E-state index in [0.717, 1.165) is 28.4 Å². The number of carbonyl (C=O) groups excluding carboxylic acids is 4. The molecule has 304 valence electrons. The second-order valence-corrected chi connectivity index (χ2v) is 16.9. The minimum atomic E-state index is -3.97. The van der Waals surface area contributed by atoms with Crippen LogP contribution in [0.3, 0.4) is 0 Å². The Morgan fingerprint density at radius 1 is 0.724 bits per heavy atom. The molecule has 4 amide bonds. The van der Waals surface area contributed by atoms with E-state index in [4.69, 9.17) is 0 Å². The maximum atomic E-state index is 14.0. The molecule has 0 saturated carbocycles. The zero-order valence-electron chi connectivity index (χ0n) is 32.7. The first kappa shape index (κ1) is 43.3. The van der Waals surface area contributed by atoms with Crippen LogP contribution in [-0.2, 0) is 30.8 Å². The lowest BCUT2D eigenvalue weighted by Gasteiger charge is -2.26. The summed E-state index contributed by atoms with van der Waals surface area (Å²) in [6.07, 6.45) is 4.45. The number of hydrogen-bond donors (Lipinski definition) is 5. The van der Waals surface area contributed by atoms with Gasteiger partial charge >= 0.3 is 0 Å². The number of sulfonamides is 1. The van der Waals surface area contributed by atoms with Crippen LogP contribution in [0.5, 0.6) is 0 Å². The summed E-state index contributed by atoms with van der Waals surface area (Å²) in [5, 5.41) is 11.3. The molecule has 58 heavy (non-hydrogen) atoms. The zero-order chi connectivity index (χ0) is 41.7. The lowest BCUT2D eigenvalue weighted by molar-refractivity contribution is -0.131. The van der Waals surface area contributed by atoms with Gasteiger partial charge in [0, 0.05) is 67.4 Å². The van der Waals surface area contributed by atoms with Crippen molar-refractivity contribution >= 4 is 61.9 Å². The third-order valence-corrected chi connectivity index (χ3v) is 11.5. The molecule has 0 aliphatic rings. The Morgan fingerprint density at radius 2 is 1.40 bits per heavy atom. The smallest absolute Gasteiger partial charge is 0.272 e. The Kier molecular flexibility index (Phi) is 15.3. The molecule has 3 atom stereocenters. The van der Waals surface area contributed by atoms with Gasteiger partial charge in [0.05, 0.1) is 11.1 Å². The SMILES string of the molecule is CC(C)C[C@H](NC(=O)[C@H](Cc1ccccc1)NC(=O)c1cnccn1)C(=O)NC(Sc1ccccc1)C(=O)NCCNS(=O)(=O)c1cccc2c(N(C)C)cccc12. The van der Waals surface area contributed by atoms with Crippen molar-refractivity contribution in [2.45, 2.75) is 53.9 Å². The minimum Gasteiger partial charge on any atom is -0.377 e. The van der Waals surface area contributed by atoms with Crippen LogP contribution < -0.4 is 30.9 Å². The third-order valence-electron chi connectivity index (χ3n) is 8.90. The van der Waals surface area contributed by atoms with Crippen LogP contribution in [0.15, 0.2) is 125 Å². The Morgan fingerprint density at radius 3 is 2.07 bits per heavy atom. The van der Waals surface area contributed by atoms with Gasteiger partial charge in [-0.2, -0.15) is 0 Å². The van der Waals surface area contributed by atoms with Crippen LogP contribution in [0.2, 0.25) is 0 Å². The fourth-order valence-electron chi connectivity index (χ4n) is 6.13. The van der Waals surface area contributed by atoms with Gasteiger partial charge in [0.1, 0.15) is 17.8 Å². The molecule has 0 aliphatic carbocycles. The first-order valence-corrected chi connectivity index (χ1v) is 21.1. The van der Waals surface area contributed by atoms with Crippen molar-refractivity contribution in [3.63, 3.8) is 0 Å². The molecule has 16 heteroatoms. The maximum Gasteiger partial charge on any atom is 0.272 e. The van der Waals surface area contributed by atoms with Crippen LogP contribution in [0.4, 0.5) is 5.69 Å². The molecule has 1 aromatic heterocycles. The van der Waals surface area contributed by atoms with Crippen molar-refractivity contribution in [1.29, 1.82) is 0 Å². The summed E-state index contributed by atoms with van der Waals surface area (Å²) in [6.45, 7) is 3.59. The van der Waals surface area contributed by atoms with E-state index >= 15 is 0 Å². The lowest BCUT2D eigenvalue weighted by Crippen LogP contribution is -2.57. The number of aromatic nitrogens is 2. The first-order chi connectivity index (χ1) is 27.8. The number of hydrogen-bond acceptors (Lipinski definition) is 10. The maximum absolute atomic E-state index is 14.0. The minimum absolute atomic E-state index is 0.0246. The van der Waals surface area contributed by atoms with Crippen molar-refractivity contribution < 1.29 is 27.6 Å². The molecule has 4 aromatic carbocycles. The third kappa shape index (κ3) is 12.1. The number of thioether (sulfide) groups is 1. The Bertz CT molecular complexity index is 2280. The highest BCUT2D eigenvalue weighted by atomic mass is 32.2. The summed E-state index contributed by atoms with van der Waals surface area (Å²) < 4.78 is 29.5. The number of nitrogens with zero attached hydrogens (tertiary/aromatic N) is 3. The zero-order valence-corrected chi connectivity index (χ0v) is 34.3. The van der Waals surface area contributed by atoms with E-state index in [1.807, 2.05) is 81.4 Å². The molecule has 5 rings (SSSR count). The van der Waals surface area contributed by atoms with Crippen LogP contribution in [0.1, 0.15) is 36.3 Å². The number of nitrogens with one attached hydrogen (secondary N) is 5. The standard InChI is InChI=1S/C42H48N8O6S2/c1-28(2)25-33(47-38(51)34(26-29-13-7-5-8-14-29)48-40(53)35-27-43-21-22-44-35)39(52)49-42(57-30-15-9-6-10-16-30)41(54)45-23-24-46-58(55,56)37-20-12-17-31-32(37)18-11-19-36(31)50(3)4/h5-22,27-28,33-34,42,46H,23-26H2,1-4H3,(H,45,54)(H,47,51)(H,48,53)(H,49,52)/t33-,34-,42?/m0/s1. The van der Waals surface area contributed by atoms with E-state index in [9.17, 15) is 27.6 Å². The molecule has 5 aromatic rings. The van der Waals surface area contributed by atoms with Gasteiger partial charge in [-0.1, -0.05) is 98.4 Å². The largest absolute Gasteiger partial charge is 0.377 e. The second-order valence-electron chi connectivity index (χ2n) is 14.0. The summed E-state index contributed by atoms with van der Waals surface area (Å²) in [5.41, 5.74) is 1.68. The molecule has 0 spiro atoms. The number of carbonyl (C=O) groups is 4. The van der Waals surface area contributed by atoms with E-state index in [2.05, 4.69) is 36.0 Å². The van der Waals surface area contributed by atoms with Gasteiger partial charge in [-0.15, -0.1) is 0 Å². The van der Waals surface area contributed by atoms with E-state index in [1.165, 1.54) is 24.7 Å². The fraction of sp³-hybridized carbons (Fsp3) is 0.286. The van der Waals surface area contributed by atoms with Gasteiger partial charge in [0.15, 0.2) is 5.37 Å². The van der Waals surface area contributed by atoms with Crippen molar-refractivity contribution in [2.24, 2.45) is 5.92 Å². The molecule has 0 aliphatic heterocycles. The summed E-state index contributed by atoms with van der Waals surface area (Å²) in [6, 6.07) is 26.5. The monoisotopic (exact) mass is 824 g/mol. The number of amides is 4. The topological polar surface area (TPSA) is 192 Å².